The summed E-state index contributed by atoms with van der Waals surface area (Å²) in [6.45, 7) is 0. The van der Waals surface area contributed by atoms with E-state index in [0.29, 0.717) is 12.0 Å². The number of aliphatic imine (C=N–C) groups is 1. The summed E-state index contributed by atoms with van der Waals surface area (Å²) in [7, 11) is 3.40. The number of fused-ring (bicyclic) bond motifs is 3. The van der Waals surface area contributed by atoms with Crippen LogP contribution in [0.25, 0.3) is 0 Å². The fourth-order valence-corrected chi connectivity index (χ4v) is 4.54. The van der Waals surface area contributed by atoms with Crippen LogP contribution in [0.3, 0.4) is 0 Å². The molecule has 0 radical (unpaired) electrons. The van der Waals surface area contributed by atoms with Gasteiger partial charge in [-0.25, -0.2) is 0 Å². The monoisotopic (exact) mass is 327 g/mol. The first kappa shape index (κ1) is 14.8. The number of nitrogens with zero attached hydrogens (tertiary/aromatic N) is 1. The molecule has 2 atom stereocenters. The molecular weight excluding hydrogens is 306 g/mol. The number of benzene rings is 1. The van der Waals surface area contributed by atoms with Crippen LogP contribution in [0.4, 0.5) is 0 Å². The molecule has 1 fully saturated rings. The van der Waals surface area contributed by atoms with Crippen molar-refractivity contribution in [2.45, 2.75) is 37.6 Å². The summed E-state index contributed by atoms with van der Waals surface area (Å²) in [5.74, 6) is 2.12. The van der Waals surface area contributed by atoms with Crippen LogP contribution < -0.4 is 9.47 Å². The number of hydrogen-bond donors (Lipinski definition) is 0. The van der Waals surface area contributed by atoms with Gasteiger partial charge >= 0.3 is 0 Å². The Morgan fingerprint density at radius 3 is 2.61 bits per heavy atom. The molecule has 0 amide bonds. The number of thiophene rings is 1. The van der Waals surface area contributed by atoms with E-state index in [4.69, 9.17) is 14.5 Å². The molecule has 4 heteroatoms. The van der Waals surface area contributed by atoms with Crippen molar-refractivity contribution in [3.8, 4) is 11.5 Å². The Kier molecular flexibility index (Phi) is 3.85. The zero-order valence-corrected chi connectivity index (χ0v) is 14.4. The minimum Gasteiger partial charge on any atom is -0.493 e. The van der Waals surface area contributed by atoms with Crippen molar-refractivity contribution in [1.82, 2.24) is 0 Å². The molecule has 2 aromatic rings. The summed E-state index contributed by atoms with van der Waals surface area (Å²) in [5, 5.41) is 4.30. The summed E-state index contributed by atoms with van der Waals surface area (Å²) < 4.78 is 11.1. The van der Waals surface area contributed by atoms with E-state index in [9.17, 15) is 0 Å². The number of rotatable bonds is 3. The Bertz CT molecular complexity index is 736. The minimum absolute atomic E-state index is 0.407. The van der Waals surface area contributed by atoms with Crippen LogP contribution in [0.15, 0.2) is 34.0 Å². The Balaban J connectivity index is 1.91. The standard InChI is InChI=1S/C19H21NO2S/c1-21-17-9-14-13-5-3-4-6-16(13)20-19(12-7-8-23-11-12)15(14)10-18(17)22-2/h7-11,13,16H,3-6H2,1-2H3/t13-,16-/m0/s1. The van der Waals surface area contributed by atoms with Gasteiger partial charge in [0.2, 0.25) is 0 Å². The maximum absolute atomic E-state index is 5.55. The molecule has 0 N–H and O–H groups in total. The van der Waals surface area contributed by atoms with Crippen molar-refractivity contribution in [3.05, 3.63) is 45.6 Å². The molecule has 2 heterocycles. The van der Waals surface area contributed by atoms with Crippen molar-refractivity contribution >= 4 is 17.0 Å². The van der Waals surface area contributed by atoms with Gasteiger partial charge in [-0.1, -0.05) is 12.8 Å². The van der Waals surface area contributed by atoms with Crippen LogP contribution in [-0.4, -0.2) is 26.0 Å². The second-order valence-electron chi connectivity index (χ2n) is 6.24. The lowest BCUT2D eigenvalue weighted by atomic mass is 9.75. The molecule has 0 saturated heterocycles. The molecule has 1 aromatic carbocycles. The first-order valence-electron chi connectivity index (χ1n) is 8.18. The van der Waals surface area contributed by atoms with Gasteiger partial charge in [0.1, 0.15) is 0 Å². The molecular formula is C19H21NO2S. The molecule has 1 saturated carbocycles. The van der Waals surface area contributed by atoms with E-state index < -0.39 is 0 Å². The third-order valence-corrected chi connectivity index (χ3v) is 5.71. The van der Waals surface area contributed by atoms with Gasteiger partial charge in [-0.05, 0) is 42.0 Å². The minimum atomic E-state index is 0.407. The molecule has 120 valence electrons. The molecule has 0 unspecified atom stereocenters. The molecule has 1 aliphatic carbocycles. The molecule has 23 heavy (non-hydrogen) atoms. The summed E-state index contributed by atoms with van der Waals surface area (Å²) in [4.78, 5) is 5.15. The average molecular weight is 327 g/mol. The normalized spacial score (nSPS) is 22.8. The van der Waals surface area contributed by atoms with Gasteiger partial charge in [0.05, 0.1) is 26.0 Å². The highest BCUT2D eigenvalue weighted by atomic mass is 32.1. The smallest absolute Gasteiger partial charge is 0.161 e. The van der Waals surface area contributed by atoms with E-state index in [0.717, 1.165) is 17.2 Å². The fourth-order valence-electron chi connectivity index (χ4n) is 3.90. The highest BCUT2D eigenvalue weighted by Gasteiger charge is 2.34. The zero-order chi connectivity index (χ0) is 15.8. The predicted octanol–water partition coefficient (Wildman–Crippen LogP) is 4.64. The molecule has 3 nitrogen and oxygen atoms in total. The third kappa shape index (κ3) is 2.45. The Morgan fingerprint density at radius 1 is 1.09 bits per heavy atom. The van der Waals surface area contributed by atoms with Gasteiger partial charge in [-0.15, -0.1) is 0 Å². The van der Waals surface area contributed by atoms with E-state index in [1.165, 1.54) is 42.4 Å². The van der Waals surface area contributed by atoms with Gasteiger partial charge in [0.15, 0.2) is 11.5 Å². The van der Waals surface area contributed by atoms with Crippen LogP contribution in [0.1, 0.15) is 48.3 Å². The third-order valence-electron chi connectivity index (χ3n) is 5.03. The Hall–Kier alpha value is -1.81. The van der Waals surface area contributed by atoms with Crippen molar-refractivity contribution in [1.29, 1.82) is 0 Å². The van der Waals surface area contributed by atoms with E-state index >= 15 is 0 Å². The maximum atomic E-state index is 5.55. The van der Waals surface area contributed by atoms with Crippen molar-refractivity contribution in [3.63, 3.8) is 0 Å². The molecule has 1 aromatic heterocycles. The molecule has 2 aliphatic rings. The average Bonchev–Trinajstić information content (AvgIpc) is 3.14. The Labute approximate surface area is 141 Å². The molecule has 0 bridgehead atoms. The van der Waals surface area contributed by atoms with Crippen LogP contribution in [0.5, 0.6) is 11.5 Å². The second-order valence-corrected chi connectivity index (χ2v) is 7.02. The highest BCUT2D eigenvalue weighted by molar-refractivity contribution is 7.08. The number of hydrogen-bond acceptors (Lipinski definition) is 4. The summed E-state index contributed by atoms with van der Waals surface area (Å²) in [5.41, 5.74) is 4.92. The van der Waals surface area contributed by atoms with Crippen LogP contribution in [0.2, 0.25) is 0 Å². The van der Waals surface area contributed by atoms with E-state index in [-0.39, 0.29) is 0 Å². The fraction of sp³-hybridized carbons (Fsp3) is 0.421. The predicted molar refractivity (Wildman–Crippen MR) is 94.5 cm³/mol. The van der Waals surface area contributed by atoms with E-state index in [1.807, 2.05) is 0 Å². The van der Waals surface area contributed by atoms with Gasteiger partial charge in [0.25, 0.3) is 0 Å². The highest BCUT2D eigenvalue weighted by Crippen LogP contribution is 2.44. The SMILES string of the molecule is COc1cc2c(cc1OC)[C@@H]1CCCC[C@@H]1N=C2c1ccsc1. The van der Waals surface area contributed by atoms with Crippen LogP contribution in [0, 0.1) is 0 Å². The second kappa shape index (κ2) is 6.00. The van der Waals surface area contributed by atoms with Gasteiger partial charge < -0.3 is 9.47 Å². The lowest BCUT2D eigenvalue weighted by molar-refractivity contribution is 0.349. The lowest BCUT2D eigenvalue weighted by Crippen LogP contribution is -2.29. The number of methoxy groups -OCH3 is 2. The maximum Gasteiger partial charge on any atom is 0.161 e. The van der Waals surface area contributed by atoms with E-state index in [1.54, 1.807) is 25.6 Å². The molecule has 1 aliphatic heterocycles. The zero-order valence-electron chi connectivity index (χ0n) is 13.5. The first-order chi connectivity index (χ1) is 11.3. The largest absolute Gasteiger partial charge is 0.493 e. The van der Waals surface area contributed by atoms with Gasteiger partial charge in [-0.3, -0.25) is 4.99 Å². The molecule has 0 spiro atoms. The number of ether oxygens (including phenoxy) is 2. The molecule has 4 rings (SSSR count). The van der Waals surface area contributed by atoms with Gasteiger partial charge in [-0.2, -0.15) is 11.3 Å². The van der Waals surface area contributed by atoms with Crippen molar-refractivity contribution < 1.29 is 9.47 Å². The van der Waals surface area contributed by atoms with E-state index in [2.05, 4.69) is 29.0 Å². The van der Waals surface area contributed by atoms with Crippen LogP contribution in [-0.2, 0) is 0 Å². The van der Waals surface area contributed by atoms with Crippen molar-refractivity contribution in [2.24, 2.45) is 4.99 Å². The van der Waals surface area contributed by atoms with Crippen LogP contribution >= 0.6 is 11.3 Å². The summed E-state index contributed by atoms with van der Waals surface area (Å²) in [6.07, 6.45) is 4.97. The topological polar surface area (TPSA) is 30.8 Å². The lowest BCUT2D eigenvalue weighted by Gasteiger charge is -2.35. The summed E-state index contributed by atoms with van der Waals surface area (Å²) in [6, 6.07) is 6.85. The Morgan fingerprint density at radius 2 is 1.87 bits per heavy atom. The summed E-state index contributed by atoms with van der Waals surface area (Å²) >= 11 is 1.72. The van der Waals surface area contributed by atoms with Gasteiger partial charge in [0, 0.05) is 22.4 Å². The quantitative estimate of drug-likeness (QED) is 0.822. The van der Waals surface area contributed by atoms with Crippen molar-refractivity contribution in [2.75, 3.05) is 14.2 Å². The first-order valence-corrected chi connectivity index (χ1v) is 9.12.